The van der Waals surface area contributed by atoms with Crippen molar-refractivity contribution < 1.29 is 9.53 Å². The number of aromatic nitrogens is 3. The predicted octanol–water partition coefficient (Wildman–Crippen LogP) is 2.54. The number of nitrogens with zero attached hydrogens (tertiary/aromatic N) is 3. The zero-order valence-electron chi connectivity index (χ0n) is 11.3. The number of pyridine rings is 1. The number of carbonyl (C=O) groups is 1. The number of ether oxygens (including phenoxy) is 1. The fourth-order valence-electron chi connectivity index (χ4n) is 1.59. The molecule has 0 aliphatic heterocycles. The van der Waals surface area contributed by atoms with Gasteiger partial charge in [0.1, 0.15) is 0 Å². The molecule has 2 heterocycles. The molecule has 0 atom stereocenters. The van der Waals surface area contributed by atoms with Crippen molar-refractivity contribution >= 4 is 33.3 Å². The Morgan fingerprint density at radius 1 is 1.40 bits per heavy atom. The van der Waals surface area contributed by atoms with Crippen LogP contribution in [0.25, 0.3) is 0 Å². The van der Waals surface area contributed by atoms with Crippen LogP contribution >= 0.6 is 15.9 Å². The largest absolute Gasteiger partial charge is 0.480 e. The normalized spacial score (nSPS) is 10.2. The van der Waals surface area contributed by atoms with E-state index in [2.05, 4.69) is 36.6 Å². The first-order chi connectivity index (χ1) is 9.51. The molecule has 0 aromatic carbocycles. The van der Waals surface area contributed by atoms with Crippen LogP contribution in [0.5, 0.6) is 5.88 Å². The van der Waals surface area contributed by atoms with E-state index in [1.54, 1.807) is 30.3 Å². The van der Waals surface area contributed by atoms with Gasteiger partial charge in [-0.15, -0.1) is 0 Å². The van der Waals surface area contributed by atoms with Gasteiger partial charge < -0.3 is 15.4 Å². The lowest BCUT2D eigenvalue weighted by Gasteiger charge is -2.11. The molecule has 0 saturated heterocycles. The third-order valence-electron chi connectivity index (χ3n) is 2.64. The van der Waals surface area contributed by atoms with E-state index >= 15 is 0 Å². The van der Waals surface area contributed by atoms with E-state index in [9.17, 15) is 4.79 Å². The fraction of sp³-hybridized carbons (Fsp3) is 0.250. The smallest absolute Gasteiger partial charge is 0.323 e. The van der Waals surface area contributed by atoms with Crippen molar-refractivity contribution in [3.05, 3.63) is 28.6 Å². The molecule has 2 rings (SSSR count). The molecule has 20 heavy (non-hydrogen) atoms. The summed E-state index contributed by atoms with van der Waals surface area (Å²) >= 11 is 3.38. The van der Waals surface area contributed by atoms with E-state index in [1.165, 1.54) is 7.11 Å². The molecule has 0 aliphatic rings. The fourth-order valence-corrected chi connectivity index (χ4v) is 2.07. The Morgan fingerprint density at radius 3 is 2.75 bits per heavy atom. The number of amides is 2. The lowest BCUT2D eigenvalue weighted by Crippen LogP contribution is -2.20. The molecular weight excluding hydrogens is 326 g/mol. The standard InChI is InChI=1S/C12H14BrN5O2/c1-7-9(5-14-11(20-3)10(7)13)17-12(19)16-8-4-15-18(2)6-8/h4-6H,1-3H3,(H2,16,17,19). The number of rotatable bonds is 3. The second-order valence-corrected chi connectivity index (χ2v) is 4.89. The topological polar surface area (TPSA) is 81.1 Å². The maximum absolute atomic E-state index is 11.9. The first kappa shape index (κ1) is 14.3. The number of anilines is 2. The molecule has 0 fully saturated rings. The van der Waals surface area contributed by atoms with Crippen LogP contribution in [0.3, 0.4) is 0 Å². The van der Waals surface area contributed by atoms with Crippen molar-refractivity contribution in [2.45, 2.75) is 6.92 Å². The van der Waals surface area contributed by atoms with Gasteiger partial charge in [0, 0.05) is 13.2 Å². The summed E-state index contributed by atoms with van der Waals surface area (Å²) in [5.41, 5.74) is 2.04. The first-order valence-electron chi connectivity index (χ1n) is 5.77. The highest BCUT2D eigenvalue weighted by Crippen LogP contribution is 2.30. The summed E-state index contributed by atoms with van der Waals surface area (Å²) in [7, 11) is 3.31. The summed E-state index contributed by atoms with van der Waals surface area (Å²) in [5.74, 6) is 0.473. The average molecular weight is 340 g/mol. The van der Waals surface area contributed by atoms with Crippen LogP contribution in [0.4, 0.5) is 16.2 Å². The van der Waals surface area contributed by atoms with Gasteiger partial charge in [-0.3, -0.25) is 4.68 Å². The van der Waals surface area contributed by atoms with Gasteiger partial charge in [0.2, 0.25) is 5.88 Å². The molecular formula is C12H14BrN5O2. The minimum absolute atomic E-state index is 0.361. The molecule has 0 unspecified atom stereocenters. The third-order valence-corrected chi connectivity index (χ3v) is 3.57. The number of carbonyl (C=O) groups excluding carboxylic acids is 1. The number of hydrogen-bond acceptors (Lipinski definition) is 4. The van der Waals surface area contributed by atoms with E-state index in [1.807, 2.05) is 6.92 Å². The van der Waals surface area contributed by atoms with Crippen LogP contribution in [0.15, 0.2) is 23.1 Å². The maximum atomic E-state index is 11.9. The molecule has 2 N–H and O–H groups in total. The van der Waals surface area contributed by atoms with Gasteiger partial charge >= 0.3 is 6.03 Å². The Morgan fingerprint density at radius 2 is 2.15 bits per heavy atom. The van der Waals surface area contributed by atoms with Gasteiger partial charge in [0.15, 0.2) is 0 Å². The molecule has 0 radical (unpaired) electrons. The molecule has 0 aliphatic carbocycles. The quantitative estimate of drug-likeness (QED) is 0.900. The van der Waals surface area contributed by atoms with E-state index in [0.717, 1.165) is 5.56 Å². The molecule has 2 aromatic heterocycles. The summed E-state index contributed by atoms with van der Waals surface area (Å²) in [5, 5.41) is 9.37. The second-order valence-electron chi connectivity index (χ2n) is 4.10. The Bertz CT molecular complexity index is 641. The van der Waals surface area contributed by atoms with Gasteiger partial charge in [-0.25, -0.2) is 9.78 Å². The maximum Gasteiger partial charge on any atom is 0.323 e. The van der Waals surface area contributed by atoms with Gasteiger partial charge in [-0.05, 0) is 28.4 Å². The number of aryl methyl sites for hydroxylation is 1. The number of urea groups is 1. The third kappa shape index (κ3) is 3.08. The lowest BCUT2D eigenvalue weighted by atomic mass is 10.2. The van der Waals surface area contributed by atoms with Gasteiger partial charge in [-0.1, -0.05) is 0 Å². The zero-order chi connectivity index (χ0) is 14.7. The lowest BCUT2D eigenvalue weighted by molar-refractivity contribution is 0.262. The van der Waals surface area contributed by atoms with Crippen LogP contribution in [0, 0.1) is 6.92 Å². The molecule has 0 saturated carbocycles. The van der Waals surface area contributed by atoms with E-state index in [0.29, 0.717) is 21.7 Å². The predicted molar refractivity (Wildman–Crippen MR) is 79.1 cm³/mol. The minimum atomic E-state index is -0.361. The van der Waals surface area contributed by atoms with Crippen LogP contribution < -0.4 is 15.4 Å². The zero-order valence-corrected chi connectivity index (χ0v) is 12.9. The summed E-state index contributed by atoms with van der Waals surface area (Å²) < 4.78 is 7.40. The molecule has 2 amide bonds. The number of halogens is 1. The molecule has 8 heteroatoms. The molecule has 0 spiro atoms. The number of methoxy groups -OCH3 is 1. The van der Waals surface area contributed by atoms with Gasteiger partial charge in [0.25, 0.3) is 0 Å². The Hall–Kier alpha value is -2.09. The Kier molecular flexibility index (Phi) is 4.23. The van der Waals surface area contributed by atoms with Crippen molar-refractivity contribution in [2.75, 3.05) is 17.7 Å². The Balaban J connectivity index is 2.10. The Labute approximate surface area is 124 Å². The molecule has 2 aromatic rings. The van der Waals surface area contributed by atoms with E-state index in [-0.39, 0.29) is 6.03 Å². The number of nitrogens with one attached hydrogen (secondary N) is 2. The highest BCUT2D eigenvalue weighted by atomic mass is 79.9. The summed E-state index contributed by atoms with van der Waals surface area (Å²) in [6, 6.07) is -0.361. The highest BCUT2D eigenvalue weighted by Gasteiger charge is 2.12. The van der Waals surface area contributed by atoms with Crippen molar-refractivity contribution in [1.82, 2.24) is 14.8 Å². The SMILES string of the molecule is COc1ncc(NC(=O)Nc2cnn(C)c2)c(C)c1Br. The highest BCUT2D eigenvalue weighted by molar-refractivity contribution is 9.10. The van der Waals surface area contributed by atoms with E-state index < -0.39 is 0 Å². The summed E-state index contributed by atoms with van der Waals surface area (Å²) in [4.78, 5) is 16.0. The number of hydrogen-bond donors (Lipinski definition) is 2. The van der Waals surface area contributed by atoms with Gasteiger partial charge in [-0.2, -0.15) is 5.10 Å². The van der Waals surface area contributed by atoms with Crippen molar-refractivity contribution in [1.29, 1.82) is 0 Å². The van der Waals surface area contributed by atoms with Crippen LogP contribution in [0.2, 0.25) is 0 Å². The van der Waals surface area contributed by atoms with Crippen molar-refractivity contribution in [3.8, 4) is 5.88 Å². The van der Waals surface area contributed by atoms with Crippen LogP contribution in [-0.2, 0) is 7.05 Å². The van der Waals surface area contributed by atoms with Crippen LogP contribution in [-0.4, -0.2) is 27.9 Å². The summed E-state index contributed by atoms with van der Waals surface area (Å²) in [6.07, 6.45) is 4.81. The van der Waals surface area contributed by atoms with Crippen LogP contribution in [0.1, 0.15) is 5.56 Å². The van der Waals surface area contributed by atoms with E-state index in [4.69, 9.17) is 4.74 Å². The molecule has 7 nitrogen and oxygen atoms in total. The average Bonchev–Trinajstić information content (AvgIpc) is 2.80. The first-order valence-corrected chi connectivity index (χ1v) is 6.56. The summed E-state index contributed by atoms with van der Waals surface area (Å²) in [6.45, 7) is 1.86. The molecule has 0 bridgehead atoms. The monoisotopic (exact) mass is 339 g/mol. The van der Waals surface area contributed by atoms with Crippen molar-refractivity contribution in [2.24, 2.45) is 7.05 Å². The minimum Gasteiger partial charge on any atom is -0.480 e. The van der Waals surface area contributed by atoms with Crippen molar-refractivity contribution in [3.63, 3.8) is 0 Å². The second kappa shape index (κ2) is 5.91. The van der Waals surface area contributed by atoms with Gasteiger partial charge in [0.05, 0.1) is 35.4 Å². The molecule has 106 valence electrons.